The van der Waals surface area contributed by atoms with Crippen LogP contribution in [-0.2, 0) is 16.1 Å². The van der Waals surface area contributed by atoms with Crippen LogP contribution in [0.5, 0.6) is 0 Å². The Morgan fingerprint density at radius 3 is 2.47 bits per heavy atom. The molecule has 0 saturated carbocycles. The quantitative estimate of drug-likeness (QED) is 0.584. The van der Waals surface area contributed by atoms with E-state index in [2.05, 4.69) is 31.5 Å². The summed E-state index contributed by atoms with van der Waals surface area (Å²) in [5.41, 5.74) is 1.07. The van der Waals surface area contributed by atoms with Crippen molar-refractivity contribution in [1.29, 1.82) is 0 Å². The van der Waals surface area contributed by atoms with E-state index in [1.165, 1.54) is 10.9 Å². The zero-order chi connectivity index (χ0) is 21.9. The van der Waals surface area contributed by atoms with Crippen molar-refractivity contribution in [2.24, 2.45) is 5.41 Å². The lowest BCUT2D eigenvalue weighted by Crippen LogP contribution is -2.27. The van der Waals surface area contributed by atoms with Gasteiger partial charge in [-0.25, -0.2) is 4.98 Å². The second-order valence-corrected chi connectivity index (χ2v) is 8.90. The number of fused-ring (bicyclic) bond motifs is 1. The predicted molar refractivity (Wildman–Crippen MR) is 121 cm³/mol. The van der Waals surface area contributed by atoms with Gasteiger partial charge in [0.15, 0.2) is 0 Å². The topological polar surface area (TPSA) is 93.1 Å². The van der Waals surface area contributed by atoms with Gasteiger partial charge in [-0.1, -0.05) is 42.8 Å². The number of nitrogens with one attached hydrogen (secondary N) is 2. The van der Waals surface area contributed by atoms with E-state index in [4.69, 9.17) is 0 Å². The summed E-state index contributed by atoms with van der Waals surface area (Å²) in [6.45, 7) is 5.70. The van der Waals surface area contributed by atoms with Crippen molar-refractivity contribution in [2.75, 3.05) is 10.6 Å². The van der Waals surface area contributed by atoms with E-state index in [0.29, 0.717) is 22.3 Å². The van der Waals surface area contributed by atoms with Gasteiger partial charge < -0.3 is 10.6 Å². The number of carbonyl (C=O) groups excluding carboxylic acids is 2. The number of amides is 2. The summed E-state index contributed by atoms with van der Waals surface area (Å²) in [5, 5.41) is 6.13. The van der Waals surface area contributed by atoms with E-state index in [1.807, 2.05) is 26.8 Å². The maximum absolute atomic E-state index is 12.6. The normalized spacial score (nSPS) is 11.3. The predicted octanol–water partition coefficient (Wildman–Crippen LogP) is 4.17. The van der Waals surface area contributed by atoms with Crippen molar-refractivity contribution >= 4 is 50.0 Å². The lowest BCUT2D eigenvalue weighted by atomic mass is 9.95. The Morgan fingerprint density at radius 2 is 1.77 bits per heavy atom. The van der Waals surface area contributed by atoms with Crippen LogP contribution in [0.1, 0.15) is 27.2 Å². The molecule has 2 aromatic carbocycles. The fourth-order valence-corrected chi connectivity index (χ4v) is 3.09. The Labute approximate surface area is 182 Å². The van der Waals surface area contributed by atoms with Crippen LogP contribution in [-0.4, -0.2) is 21.4 Å². The molecule has 0 radical (unpaired) electrons. The van der Waals surface area contributed by atoms with Gasteiger partial charge in [0, 0.05) is 34.2 Å². The van der Waals surface area contributed by atoms with Gasteiger partial charge in [0.1, 0.15) is 0 Å². The summed E-state index contributed by atoms with van der Waals surface area (Å²) < 4.78 is 2.22. The van der Waals surface area contributed by atoms with Crippen molar-refractivity contribution in [3.63, 3.8) is 0 Å². The smallest absolute Gasteiger partial charge is 0.261 e. The molecule has 3 rings (SSSR count). The van der Waals surface area contributed by atoms with E-state index in [1.54, 1.807) is 36.4 Å². The van der Waals surface area contributed by atoms with E-state index in [0.717, 1.165) is 4.47 Å². The molecule has 0 atom stereocenters. The Bertz CT molecular complexity index is 1160. The summed E-state index contributed by atoms with van der Waals surface area (Å²) in [6, 6.07) is 12.3. The minimum Gasteiger partial charge on any atom is -0.326 e. The zero-order valence-corrected chi connectivity index (χ0v) is 18.6. The van der Waals surface area contributed by atoms with Gasteiger partial charge in [0.25, 0.3) is 5.56 Å². The highest BCUT2D eigenvalue weighted by Crippen LogP contribution is 2.20. The molecular weight excluding hydrogens is 448 g/mol. The number of benzene rings is 2. The third kappa shape index (κ3) is 5.33. The fourth-order valence-electron chi connectivity index (χ4n) is 2.73. The van der Waals surface area contributed by atoms with Crippen LogP contribution >= 0.6 is 15.9 Å². The van der Waals surface area contributed by atoms with Gasteiger partial charge in [-0.2, -0.15) is 0 Å². The first-order valence-electron chi connectivity index (χ1n) is 9.49. The largest absolute Gasteiger partial charge is 0.326 e. The van der Waals surface area contributed by atoms with Crippen LogP contribution in [0, 0.1) is 5.41 Å². The molecule has 0 aliphatic carbocycles. The number of carbonyl (C=O) groups is 2. The van der Waals surface area contributed by atoms with E-state index in [-0.39, 0.29) is 30.3 Å². The minimum atomic E-state index is -0.518. The van der Waals surface area contributed by atoms with Gasteiger partial charge >= 0.3 is 0 Å². The molecule has 8 heteroatoms. The number of halogens is 1. The third-order valence-corrected chi connectivity index (χ3v) is 4.94. The lowest BCUT2D eigenvalue weighted by molar-refractivity contribution is -0.123. The molecule has 0 aliphatic heterocycles. The van der Waals surface area contributed by atoms with E-state index >= 15 is 0 Å². The Kier molecular flexibility index (Phi) is 6.36. The SMILES string of the molecule is CC(C)(C)C(=O)Nc1cccc(NC(=O)CCn2cnc3ccc(Br)cc3c2=O)c1. The molecule has 0 saturated heterocycles. The molecule has 30 heavy (non-hydrogen) atoms. The highest BCUT2D eigenvalue weighted by Gasteiger charge is 2.21. The average Bonchev–Trinajstić information content (AvgIpc) is 2.67. The summed E-state index contributed by atoms with van der Waals surface area (Å²) in [4.78, 5) is 41.4. The molecule has 1 aromatic heterocycles. The van der Waals surface area contributed by atoms with Crippen molar-refractivity contribution in [1.82, 2.24) is 9.55 Å². The Balaban J connectivity index is 1.65. The van der Waals surface area contributed by atoms with E-state index < -0.39 is 5.41 Å². The number of aryl methyl sites for hydroxylation is 1. The molecule has 1 heterocycles. The van der Waals surface area contributed by atoms with Crippen LogP contribution in [0.3, 0.4) is 0 Å². The van der Waals surface area contributed by atoms with Crippen LogP contribution in [0.2, 0.25) is 0 Å². The minimum absolute atomic E-state index is 0.110. The molecule has 156 valence electrons. The van der Waals surface area contributed by atoms with Crippen LogP contribution < -0.4 is 16.2 Å². The fraction of sp³-hybridized carbons (Fsp3) is 0.273. The molecule has 0 aliphatic rings. The number of aromatic nitrogens is 2. The third-order valence-electron chi connectivity index (χ3n) is 4.45. The summed E-state index contributed by atoms with van der Waals surface area (Å²) >= 11 is 3.36. The first kappa shape index (κ1) is 21.7. The maximum atomic E-state index is 12.6. The van der Waals surface area contributed by atoms with Gasteiger partial charge in [-0.15, -0.1) is 0 Å². The monoisotopic (exact) mass is 470 g/mol. The second kappa shape index (κ2) is 8.79. The van der Waals surface area contributed by atoms with Crippen LogP contribution in [0.15, 0.2) is 58.1 Å². The molecule has 2 amide bonds. The standard InChI is InChI=1S/C22H23BrN4O3/c1-22(2,3)21(30)26-16-6-4-5-15(12-16)25-19(28)9-10-27-13-24-18-8-7-14(23)11-17(18)20(27)29/h4-8,11-13H,9-10H2,1-3H3,(H,25,28)(H,26,30). The zero-order valence-electron chi connectivity index (χ0n) is 17.0. The number of nitrogens with zero attached hydrogens (tertiary/aromatic N) is 2. The number of rotatable bonds is 5. The Morgan fingerprint density at radius 1 is 1.07 bits per heavy atom. The maximum Gasteiger partial charge on any atom is 0.261 e. The second-order valence-electron chi connectivity index (χ2n) is 7.99. The molecule has 2 N–H and O–H groups in total. The van der Waals surface area contributed by atoms with Gasteiger partial charge in [0.05, 0.1) is 17.2 Å². The number of hydrogen-bond acceptors (Lipinski definition) is 4. The Hall–Kier alpha value is -3.00. The first-order chi connectivity index (χ1) is 14.1. The van der Waals surface area contributed by atoms with Crippen molar-refractivity contribution in [3.8, 4) is 0 Å². The average molecular weight is 471 g/mol. The molecule has 0 unspecified atom stereocenters. The van der Waals surface area contributed by atoms with Gasteiger partial charge in [0.2, 0.25) is 11.8 Å². The molecule has 0 spiro atoms. The van der Waals surface area contributed by atoms with Crippen LogP contribution in [0.4, 0.5) is 11.4 Å². The van der Waals surface area contributed by atoms with Gasteiger partial charge in [-0.05, 0) is 36.4 Å². The highest BCUT2D eigenvalue weighted by molar-refractivity contribution is 9.10. The highest BCUT2D eigenvalue weighted by atomic mass is 79.9. The molecule has 7 nitrogen and oxygen atoms in total. The lowest BCUT2D eigenvalue weighted by Gasteiger charge is -2.18. The molecule has 3 aromatic rings. The molecular formula is C22H23BrN4O3. The molecule has 0 fully saturated rings. The summed E-state index contributed by atoms with van der Waals surface area (Å²) in [5.74, 6) is -0.351. The number of anilines is 2. The van der Waals surface area contributed by atoms with Crippen molar-refractivity contribution < 1.29 is 9.59 Å². The van der Waals surface area contributed by atoms with Crippen LogP contribution in [0.25, 0.3) is 10.9 Å². The molecule has 0 bridgehead atoms. The summed E-state index contributed by atoms with van der Waals surface area (Å²) in [7, 11) is 0. The van der Waals surface area contributed by atoms with Crippen molar-refractivity contribution in [2.45, 2.75) is 33.7 Å². The van der Waals surface area contributed by atoms with Crippen molar-refractivity contribution in [3.05, 3.63) is 63.6 Å². The number of hydrogen-bond donors (Lipinski definition) is 2. The first-order valence-corrected chi connectivity index (χ1v) is 10.3. The van der Waals surface area contributed by atoms with Gasteiger partial charge in [-0.3, -0.25) is 19.0 Å². The summed E-state index contributed by atoms with van der Waals surface area (Å²) in [6.07, 6.45) is 1.56. The van der Waals surface area contributed by atoms with E-state index in [9.17, 15) is 14.4 Å².